The van der Waals surface area contributed by atoms with Gasteiger partial charge in [0.15, 0.2) is 0 Å². The summed E-state index contributed by atoms with van der Waals surface area (Å²) in [6.07, 6.45) is 1.85. The SMILES string of the molecule is CCc1cccc(CC)c1NCc1cc(F)cc(F)c1. The highest BCUT2D eigenvalue weighted by Gasteiger charge is 2.07. The Bertz CT molecular complexity index is 551. The minimum absolute atomic E-state index is 0.415. The predicted octanol–water partition coefficient (Wildman–Crippen LogP) is 4.70. The molecule has 0 fully saturated rings. The first-order chi connectivity index (χ1) is 9.63. The van der Waals surface area contributed by atoms with E-state index in [0.717, 1.165) is 24.6 Å². The number of halogens is 2. The molecule has 0 amide bonds. The molecular weight excluding hydrogens is 256 g/mol. The monoisotopic (exact) mass is 275 g/mol. The van der Waals surface area contributed by atoms with E-state index in [1.807, 2.05) is 6.07 Å². The molecule has 0 aliphatic carbocycles. The molecule has 106 valence electrons. The van der Waals surface area contributed by atoms with E-state index in [9.17, 15) is 8.78 Å². The Balaban J connectivity index is 2.22. The average molecular weight is 275 g/mol. The first-order valence-corrected chi connectivity index (χ1v) is 6.93. The van der Waals surface area contributed by atoms with Crippen LogP contribution in [0.25, 0.3) is 0 Å². The summed E-state index contributed by atoms with van der Waals surface area (Å²) < 4.78 is 26.4. The molecular formula is C17H19F2N. The largest absolute Gasteiger partial charge is 0.381 e. The molecule has 0 unspecified atom stereocenters. The van der Waals surface area contributed by atoms with Crippen LogP contribution in [0, 0.1) is 11.6 Å². The summed E-state index contributed by atoms with van der Waals surface area (Å²) in [7, 11) is 0. The van der Waals surface area contributed by atoms with E-state index < -0.39 is 11.6 Å². The van der Waals surface area contributed by atoms with E-state index in [0.29, 0.717) is 12.1 Å². The van der Waals surface area contributed by atoms with Crippen molar-refractivity contribution in [3.8, 4) is 0 Å². The van der Waals surface area contributed by atoms with E-state index in [1.165, 1.54) is 23.3 Å². The van der Waals surface area contributed by atoms with Crippen molar-refractivity contribution in [1.82, 2.24) is 0 Å². The lowest BCUT2D eigenvalue weighted by molar-refractivity contribution is 0.580. The molecule has 0 aliphatic rings. The summed E-state index contributed by atoms with van der Waals surface area (Å²) >= 11 is 0. The molecule has 2 aromatic rings. The zero-order valence-corrected chi connectivity index (χ0v) is 11.8. The van der Waals surface area contributed by atoms with Gasteiger partial charge in [-0.25, -0.2) is 8.78 Å². The molecule has 0 bridgehead atoms. The van der Waals surface area contributed by atoms with Gasteiger partial charge >= 0.3 is 0 Å². The molecule has 0 heterocycles. The standard InChI is InChI=1S/C17H19F2N/c1-3-13-6-5-7-14(4-2)17(13)20-11-12-8-15(18)10-16(19)9-12/h5-10,20H,3-4,11H2,1-2H3. The molecule has 1 nitrogen and oxygen atoms in total. The van der Waals surface area contributed by atoms with Crippen molar-refractivity contribution in [3.05, 3.63) is 64.7 Å². The van der Waals surface area contributed by atoms with E-state index >= 15 is 0 Å². The second-order valence-corrected chi connectivity index (χ2v) is 4.79. The lowest BCUT2D eigenvalue weighted by atomic mass is 10.0. The maximum Gasteiger partial charge on any atom is 0.126 e. The number of anilines is 1. The Labute approximate surface area is 118 Å². The van der Waals surface area contributed by atoms with Crippen LogP contribution in [-0.2, 0) is 19.4 Å². The highest BCUT2D eigenvalue weighted by Crippen LogP contribution is 2.23. The molecule has 0 aromatic heterocycles. The first kappa shape index (κ1) is 14.5. The zero-order valence-electron chi connectivity index (χ0n) is 11.8. The number of benzene rings is 2. The van der Waals surface area contributed by atoms with Crippen molar-refractivity contribution in [2.75, 3.05) is 5.32 Å². The topological polar surface area (TPSA) is 12.0 Å². The van der Waals surface area contributed by atoms with E-state index in [1.54, 1.807) is 0 Å². The van der Waals surface area contributed by atoms with Gasteiger partial charge in [-0.1, -0.05) is 32.0 Å². The third kappa shape index (κ3) is 3.35. The van der Waals surface area contributed by atoms with Crippen LogP contribution < -0.4 is 5.32 Å². The Morgan fingerprint density at radius 2 is 1.45 bits per heavy atom. The lowest BCUT2D eigenvalue weighted by Crippen LogP contribution is -2.05. The van der Waals surface area contributed by atoms with Crippen molar-refractivity contribution in [2.45, 2.75) is 33.2 Å². The molecule has 0 radical (unpaired) electrons. The van der Waals surface area contributed by atoms with Crippen LogP contribution in [0.5, 0.6) is 0 Å². The fourth-order valence-electron chi connectivity index (χ4n) is 2.37. The highest BCUT2D eigenvalue weighted by molar-refractivity contribution is 5.58. The quantitative estimate of drug-likeness (QED) is 0.834. The lowest BCUT2D eigenvalue weighted by Gasteiger charge is -2.15. The van der Waals surface area contributed by atoms with Crippen LogP contribution in [0.3, 0.4) is 0 Å². The summed E-state index contributed by atoms with van der Waals surface area (Å²) in [5, 5.41) is 3.32. The minimum Gasteiger partial charge on any atom is -0.381 e. The Hall–Kier alpha value is -1.90. The van der Waals surface area contributed by atoms with Crippen LogP contribution in [0.1, 0.15) is 30.5 Å². The molecule has 2 rings (SSSR count). The number of para-hydroxylation sites is 1. The van der Waals surface area contributed by atoms with Gasteiger partial charge in [-0.3, -0.25) is 0 Å². The summed E-state index contributed by atoms with van der Waals surface area (Å²) in [6.45, 7) is 4.61. The molecule has 0 aliphatic heterocycles. The molecule has 0 saturated carbocycles. The van der Waals surface area contributed by atoms with Gasteiger partial charge in [-0.2, -0.15) is 0 Å². The third-order valence-corrected chi connectivity index (χ3v) is 3.39. The van der Waals surface area contributed by atoms with Gasteiger partial charge in [-0.05, 0) is 41.7 Å². The van der Waals surface area contributed by atoms with Crippen molar-refractivity contribution in [2.24, 2.45) is 0 Å². The van der Waals surface area contributed by atoms with Gasteiger partial charge in [0.1, 0.15) is 11.6 Å². The molecule has 0 atom stereocenters. The summed E-state index contributed by atoms with van der Waals surface area (Å²) in [6, 6.07) is 9.81. The molecule has 2 aromatic carbocycles. The second-order valence-electron chi connectivity index (χ2n) is 4.79. The molecule has 0 spiro atoms. The summed E-state index contributed by atoms with van der Waals surface area (Å²) in [4.78, 5) is 0. The van der Waals surface area contributed by atoms with Gasteiger partial charge in [0.2, 0.25) is 0 Å². The number of rotatable bonds is 5. The second kappa shape index (κ2) is 6.51. The Kier molecular flexibility index (Phi) is 4.72. The van der Waals surface area contributed by atoms with Gasteiger partial charge in [-0.15, -0.1) is 0 Å². The number of aryl methyl sites for hydroxylation is 2. The molecule has 0 saturated heterocycles. The van der Waals surface area contributed by atoms with Gasteiger partial charge in [0.05, 0.1) is 0 Å². The van der Waals surface area contributed by atoms with Gasteiger partial charge < -0.3 is 5.32 Å². The smallest absolute Gasteiger partial charge is 0.126 e. The van der Waals surface area contributed by atoms with E-state index in [2.05, 4.69) is 31.3 Å². The fraction of sp³-hybridized carbons (Fsp3) is 0.294. The number of hydrogen-bond donors (Lipinski definition) is 1. The maximum atomic E-state index is 13.2. The van der Waals surface area contributed by atoms with Crippen LogP contribution in [-0.4, -0.2) is 0 Å². The van der Waals surface area contributed by atoms with Crippen molar-refractivity contribution in [1.29, 1.82) is 0 Å². The fourth-order valence-corrected chi connectivity index (χ4v) is 2.37. The zero-order chi connectivity index (χ0) is 14.5. The molecule has 20 heavy (non-hydrogen) atoms. The Morgan fingerprint density at radius 1 is 0.900 bits per heavy atom. The number of hydrogen-bond acceptors (Lipinski definition) is 1. The summed E-state index contributed by atoms with van der Waals surface area (Å²) in [5.41, 5.74) is 4.14. The van der Waals surface area contributed by atoms with Gasteiger partial charge in [0.25, 0.3) is 0 Å². The normalized spacial score (nSPS) is 10.6. The van der Waals surface area contributed by atoms with Crippen molar-refractivity contribution >= 4 is 5.69 Å². The third-order valence-electron chi connectivity index (χ3n) is 3.39. The first-order valence-electron chi connectivity index (χ1n) is 6.93. The predicted molar refractivity (Wildman–Crippen MR) is 78.9 cm³/mol. The molecule has 1 N–H and O–H groups in total. The van der Waals surface area contributed by atoms with Crippen LogP contribution in [0.2, 0.25) is 0 Å². The summed E-state index contributed by atoms with van der Waals surface area (Å²) in [5.74, 6) is -1.08. The van der Waals surface area contributed by atoms with Crippen LogP contribution in [0.4, 0.5) is 14.5 Å². The minimum atomic E-state index is -0.540. The van der Waals surface area contributed by atoms with Gasteiger partial charge in [0, 0.05) is 18.3 Å². The van der Waals surface area contributed by atoms with Crippen molar-refractivity contribution < 1.29 is 8.78 Å². The molecule has 3 heteroatoms. The van der Waals surface area contributed by atoms with Crippen LogP contribution in [0.15, 0.2) is 36.4 Å². The maximum absolute atomic E-state index is 13.2. The average Bonchev–Trinajstić information content (AvgIpc) is 2.43. The van der Waals surface area contributed by atoms with Crippen molar-refractivity contribution in [3.63, 3.8) is 0 Å². The number of nitrogens with one attached hydrogen (secondary N) is 1. The van der Waals surface area contributed by atoms with E-state index in [-0.39, 0.29) is 0 Å². The van der Waals surface area contributed by atoms with E-state index in [4.69, 9.17) is 0 Å². The highest BCUT2D eigenvalue weighted by atomic mass is 19.1. The Morgan fingerprint density at radius 3 is 1.95 bits per heavy atom. The van der Waals surface area contributed by atoms with Crippen LogP contribution >= 0.6 is 0 Å².